The number of aliphatic hydroxyl groups excluding tert-OH is 1. The van der Waals surface area contributed by atoms with Crippen LogP contribution in [0, 0.1) is 12.7 Å². The number of alkyl halides is 2. The summed E-state index contributed by atoms with van der Waals surface area (Å²) in [5.74, 6) is -1.14. The van der Waals surface area contributed by atoms with Crippen molar-refractivity contribution in [3.8, 4) is 5.75 Å². The summed E-state index contributed by atoms with van der Waals surface area (Å²) in [5.41, 5.74) is 0.853. The summed E-state index contributed by atoms with van der Waals surface area (Å²) >= 11 is 0. The van der Waals surface area contributed by atoms with E-state index in [4.69, 9.17) is 0 Å². The highest BCUT2D eigenvalue weighted by atomic mass is 19.3. The van der Waals surface area contributed by atoms with Crippen LogP contribution in [-0.4, -0.2) is 24.2 Å². The third-order valence-electron chi connectivity index (χ3n) is 3.36. The minimum absolute atomic E-state index is 0.0894. The average Bonchev–Trinajstić information content (AvgIpc) is 2.54. The van der Waals surface area contributed by atoms with Crippen LogP contribution in [0.4, 0.5) is 13.2 Å². The van der Waals surface area contributed by atoms with Crippen LogP contribution in [0.1, 0.15) is 27.6 Å². The number of ether oxygens (including phenoxy) is 1. The number of aryl methyl sites for hydroxylation is 1. The molecule has 1 unspecified atom stereocenters. The minimum Gasteiger partial charge on any atom is -0.435 e. The molecule has 2 rings (SSSR count). The molecule has 2 N–H and O–H groups in total. The van der Waals surface area contributed by atoms with Gasteiger partial charge in [0.1, 0.15) is 11.6 Å². The first-order valence-corrected chi connectivity index (χ1v) is 7.14. The van der Waals surface area contributed by atoms with Gasteiger partial charge in [-0.2, -0.15) is 8.78 Å². The fourth-order valence-corrected chi connectivity index (χ4v) is 2.04. The Morgan fingerprint density at radius 2 is 2.00 bits per heavy atom. The van der Waals surface area contributed by atoms with E-state index in [1.54, 1.807) is 6.92 Å². The molecule has 0 fully saturated rings. The normalized spacial score (nSPS) is 12.1. The highest BCUT2D eigenvalue weighted by molar-refractivity contribution is 5.94. The molecule has 1 atom stereocenters. The topological polar surface area (TPSA) is 58.6 Å². The van der Waals surface area contributed by atoms with Gasteiger partial charge in [-0.3, -0.25) is 4.79 Å². The van der Waals surface area contributed by atoms with Crippen LogP contribution >= 0.6 is 0 Å². The average molecular weight is 339 g/mol. The second kappa shape index (κ2) is 7.83. The Balaban J connectivity index is 1.98. The molecule has 24 heavy (non-hydrogen) atoms. The van der Waals surface area contributed by atoms with E-state index in [1.165, 1.54) is 36.4 Å². The standard InChI is InChI=1S/C17H16F3NO3/c1-10-5-6-12(8-14(10)18)16(23)21-9-15(22)11-3-2-4-13(7-11)24-17(19)20/h2-8,15,17,22H,9H2,1H3,(H,21,23). The summed E-state index contributed by atoms with van der Waals surface area (Å²) in [4.78, 5) is 11.9. The highest BCUT2D eigenvalue weighted by Crippen LogP contribution is 2.20. The van der Waals surface area contributed by atoms with Gasteiger partial charge in [0.15, 0.2) is 0 Å². The van der Waals surface area contributed by atoms with Gasteiger partial charge in [-0.05, 0) is 42.3 Å². The molecule has 4 nitrogen and oxygen atoms in total. The molecular weight excluding hydrogens is 323 g/mol. The van der Waals surface area contributed by atoms with Crippen LogP contribution in [0.2, 0.25) is 0 Å². The van der Waals surface area contributed by atoms with E-state index in [0.29, 0.717) is 11.1 Å². The van der Waals surface area contributed by atoms with Gasteiger partial charge in [0, 0.05) is 12.1 Å². The highest BCUT2D eigenvalue weighted by Gasteiger charge is 2.13. The van der Waals surface area contributed by atoms with E-state index in [-0.39, 0.29) is 17.9 Å². The first-order valence-electron chi connectivity index (χ1n) is 7.14. The number of carbonyl (C=O) groups is 1. The molecule has 0 bridgehead atoms. The van der Waals surface area contributed by atoms with E-state index in [1.807, 2.05) is 0 Å². The van der Waals surface area contributed by atoms with Crippen LogP contribution in [0.15, 0.2) is 42.5 Å². The molecule has 0 aliphatic carbocycles. The molecule has 7 heteroatoms. The van der Waals surface area contributed by atoms with Gasteiger partial charge in [-0.15, -0.1) is 0 Å². The predicted molar refractivity (Wildman–Crippen MR) is 81.5 cm³/mol. The maximum atomic E-state index is 13.4. The van der Waals surface area contributed by atoms with E-state index in [2.05, 4.69) is 10.1 Å². The first-order chi connectivity index (χ1) is 11.4. The van der Waals surface area contributed by atoms with Gasteiger partial charge in [0.05, 0.1) is 6.10 Å². The Morgan fingerprint density at radius 3 is 2.67 bits per heavy atom. The Morgan fingerprint density at radius 1 is 1.25 bits per heavy atom. The van der Waals surface area contributed by atoms with E-state index in [0.717, 1.165) is 6.07 Å². The van der Waals surface area contributed by atoms with Crippen molar-refractivity contribution in [2.24, 2.45) is 0 Å². The fourth-order valence-electron chi connectivity index (χ4n) is 2.04. The summed E-state index contributed by atoms with van der Waals surface area (Å²) in [6, 6.07) is 9.61. The lowest BCUT2D eigenvalue weighted by atomic mass is 10.1. The molecule has 1 amide bonds. The number of carbonyl (C=O) groups excluding carboxylic acids is 1. The molecule has 2 aromatic carbocycles. The maximum Gasteiger partial charge on any atom is 0.387 e. The lowest BCUT2D eigenvalue weighted by Crippen LogP contribution is -2.28. The van der Waals surface area contributed by atoms with Crippen LogP contribution in [-0.2, 0) is 0 Å². The van der Waals surface area contributed by atoms with Gasteiger partial charge in [0.25, 0.3) is 5.91 Å². The maximum absolute atomic E-state index is 13.4. The number of benzene rings is 2. The SMILES string of the molecule is Cc1ccc(C(=O)NCC(O)c2cccc(OC(F)F)c2)cc1F. The van der Waals surface area contributed by atoms with Gasteiger partial charge in [0.2, 0.25) is 0 Å². The summed E-state index contributed by atoms with van der Waals surface area (Å²) in [7, 11) is 0. The van der Waals surface area contributed by atoms with E-state index in [9.17, 15) is 23.1 Å². The molecule has 0 heterocycles. The van der Waals surface area contributed by atoms with Crippen molar-refractivity contribution in [3.05, 3.63) is 65.0 Å². The van der Waals surface area contributed by atoms with E-state index < -0.39 is 24.4 Å². The van der Waals surface area contributed by atoms with Crippen molar-refractivity contribution in [2.45, 2.75) is 19.6 Å². The molecular formula is C17H16F3NO3. The largest absolute Gasteiger partial charge is 0.435 e. The number of halogens is 3. The lowest BCUT2D eigenvalue weighted by Gasteiger charge is -2.14. The van der Waals surface area contributed by atoms with Crippen LogP contribution in [0.25, 0.3) is 0 Å². The zero-order valence-corrected chi connectivity index (χ0v) is 12.8. The summed E-state index contributed by atoms with van der Waals surface area (Å²) in [6.07, 6.45) is -1.12. The third kappa shape index (κ3) is 4.73. The summed E-state index contributed by atoms with van der Waals surface area (Å²) < 4.78 is 42.1. The molecule has 0 saturated heterocycles. The van der Waals surface area contributed by atoms with Gasteiger partial charge in [-0.1, -0.05) is 18.2 Å². The van der Waals surface area contributed by atoms with Crippen molar-refractivity contribution in [3.63, 3.8) is 0 Å². The summed E-state index contributed by atoms with van der Waals surface area (Å²) in [6.45, 7) is -1.55. The van der Waals surface area contributed by atoms with Crippen molar-refractivity contribution in [1.82, 2.24) is 5.32 Å². The van der Waals surface area contributed by atoms with Gasteiger partial charge >= 0.3 is 6.61 Å². The summed E-state index contributed by atoms with van der Waals surface area (Å²) in [5, 5.41) is 12.5. The number of hydrogen-bond acceptors (Lipinski definition) is 3. The second-order valence-electron chi connectivity index (χ2n) is 5.14. The minimum atomic E-state index is -2.96. The van der Waals surface area contributed by atoms with Crippen LogP contribution < -0.4 is 10.1 Å². The fraction of sp³-hybridized carbons (Fsp3) is 0.235. The second-order valence-corrected chi connectivity index (χ2v) is 5.14. The van der Waals surface area contributed by atoms with Gasteiger partial charge in [-0.25, -0.2) is 4.39 Å². The Kier molecular flexibility index (Phi) is 5.81. The van der Waals surface area contributed by atoms with Crippen molar-refractivity contribution < 1.29 is 27.8 Å². The Hall–Kier alpha value is -2.54. The number of aliphatic hydroxyl groups is 1. The van der Waals surface area contributed by atoms with Crippen LogP contribution in [0.3, 0.4) is 0 Å². The third-order valence-corrected chi connectivity index (χ3v) is 3.36. The number of rotatable bonds is 6. The quantitative estimate of drug-likeness (QED) is 0.850. The van der Waals surface area contributed by atoms with Crippen LogP contribution in [0.5, 0.6) is 5.75 Å². The molecule has 0 aromatic heterocycles. The molecule has 0 aliphatic heterocycles. The number of hydrogen-bond donors (Lipinski definition) is 2. The smallest absolute Gasteiger partial charge is 0.387 e. The lowest BCUT2D eigenvalue weighted by molar-refractivity contribution is -0.0499. The molecule has 0 spiro atoms. The molecule has 2 aromatic rings. The predicted octanol–water partition coefficient (Wildman–Crippen LogP) is 3.20. The van der Waals surface area contributed by atoms with Crippen molar-refractivity contribution in [2.75, 3.05) is 6.54 Å². The van der Waals surface area contributed by atoms with Gasteiger partial charge < -0.3 is 15.2 Å². The van der Waals surface area contributed by atoms with Crippen molar-refractivity contribution in [1.29, 1.82) is 0 Å². The molecule has 0 radical (unpaired) electrons. The number of nitrogens with one attached hydrogen (secondary N) is 1. The zero-order chi connectivity index (χ0) is 17.7. The molecule has 0 saturated carbocycles. The molecule has 128 valence electrons. The van der Waals surface area contributed by atoms with E-state index >= 15 is 0 Å². The van der Waals surface area contributed by atoms with Crippen molar-refractivity contribution >= 4 is 5.91 Å². The Bertz CT molecular complexity index is 722. The molecule has 0 aliphatic rings. The first kappa shape index (κ1) is 17.8. The number of amides is 1. The zero-order valence-electron chi connectivity index (χ0n) is 12.8. The monoisotopic (exact) mass is 339 g/mol. The Labute approximate surface area is 136 Å².